The largest absolute Gasteiger partial charge is 0.455 e. The average Bonchev–Trinajstić information content (AvgIpc) is 3.52. The van der Waals surface area contributed by atoms with Crippen LogP contribution in [0.2, 0.25) is 0 Å². The Balaban J connectivity index is 1.26. The van der Waals surface area contributed by atoms with Crippen molar-refractivity contribution in [3.05, 3.63) is 176 Å². The van der Waals surface area contributed by atoms with E-state index >= 15 is 0 Å². The first kappa shape index (κ1) is 26.3. The number of nitrogens with zero attached hydrogens (tertiary/aromatic N) is 1. The first-order valence-electron chi connectivity index (χ1n) is 15.7. The summed E-state index contributed by atoms with van der Waals surface area (Å²) >= 11 is 0. The Kier molecular flexibility index (Phi) is 6.17. The van der Waals surface area contributed by atoms with Gasteiger partial charge in [0.05, 0.1) is 11.4 Å². The highest BCUT2D eigenvalue weighted by Gasteiger charge is 2.20. The first-order valence-corrected chi connectivity index (χ1v) is 15.7. The van der Waals surface area contributed by atoms with Gasteiger partial charge in [0.2, 0.25) is 0 Å². The predicted molar refractivity (Wildman–Crippen MR) is 194 cm³/mol. The maximum Gasteiger partial charge on any atom is 0.143 e. The zero-order valence-corrected chi connectivity index (χ0v) is 25.1. The van der Waals surface area contributed by atoms with Gasteiger partial charge in [-0.25, -0.2) is 0 Å². The number of benzene rings is 8. The van der Waals surface area contributed by atoms with Crippen LogP contribution in [0, 0.1) is 0 Å². The second-order valence-corrected chi connectivity index (χ2v) is 11.7. The first-order chi connectivity index (χ1) is 22.8. The maximum atomic E-state index is 6.46. The molecule has 0 unspecified atom stereocenters. The summed E-state index contributed by atoms with van der Waals surface area (Å²) in [6.45, 7) is 0. The van der Waals surface area contributed by atoms with Crippen LogP contribution in [0.3, 0.4) is 0 Å². The van der Waals surface area contributed by atoms with E-state index in [1.54, 1.807) is 0 Å². The third-order valence-corrected chi connectivity index (χ3v) is 9.06. The minimum atomic E-state index is 0.914. The van der Waals surface area contributed by atoms with E-state index in [1.807, 2.05) is 12.1 Å². The smallest absolute Gasteiger partial charge is 0.143 e. The molecule has 8 aromatic carbocycles. The molecule has 0 amide bonds. The predicted octanol–water partition coefficient (Wildman–Crippen LogP) is 12.7. The van der Waals surface area contributed by atoms with Crippen LogP contribution < -0.4 is 4.90 Å². The molecule has 0 bridgehead atoms. The second kappa shape index (κ2) is 10.8. The second-order valence-electron chi connectivity index (χ2n) is 11.7. The minimum Gasteiger partial charge on any atom is -0.455 e. The van der Waals surface area contributed by atoms with Crippen LogP contribution in [-0.4, -0.2) is 0 Å². The van der Waals surface area contributed by atoms with E-state index in [2.05, 4.69) is 169 Å². The van der Waals surface area contributed by atoms with E-state index < -0.39 is 0 Å². The highest BCUT2D eigenvalue weighted by molar-refractivity contribution is 6.15. The van der Waals surface area contributed by atoms with E-state index in [9.17, 15) is 0 Å². The Labute approximate surface area is 267 Å². The van der Waals surface area contributed by atoms with Gasteiger partial charge in [0, 0.05) is 32.8 Å². The fourth-order valence-electron chi connectivity index (χ4n) is 6.83. The molecule has 0 aliphatic rings. The lowest BCUT2D eigenvalue weighted by atomic mass is 9.97. The van der Waals surface area contributed by atoms with Crippen LogP contribution in [-0.2, 0) is 0 Å². The molecule has 0 saturated heterocycles. The molecule has 0 radical (unpaired) electrons. The van der Waals surface area contributed by atoms with Gasteiger partial charge < -0.3 is 9.32 Å². The molecular formula is C44H29NO. The fraction of sp³-hybridized carbons (Fsp3) is 0. The summed E-state index contributed by atoms with van der Waals surface area (Å²) in [6, 6.07) is 62.8. The van der Waals surface area contributed by atoms with Crippen molar-refractivity contribution < 1.29 is 4.42 Å². The number of anilines is 3. The zero-order chi connectivity index (χ0) is 30.5. The van der Waals surface area contributed by atoms with Crippen molar-refractivity contribution >= 4 is 60.5 Å². The molecule has 0 spiro atoms. The minimum absolute atomic E-state index is 0.914. The molecule has 9 rings (SSSR count). The lowest BCUT2D eigenvalue weighted by Crippen LogP contribution is -2.11. The Bertz CT molecular complexity index is 2520. The Morgan fingerprint density at radius 2 is 1.00 bits per heavy atom. The molecular weight excluding hydrogens is 558 g/mol. The molecule has 1 heterocycles. The molecule has 0 N–H and O–H groups in total. The van der Waals surface area contributed by atoms with Gasteiger partial charge in [-0.1, -0.05) is 133 Å². The highest BCUT2D eigenvalue weighted by atomic mass is 16.3. The van der Waals surface area contributed by atoms with Crippen molar-refractivity contribution in [2.75, 3.05) is 4.90 Å². The van der Waals surface area contributed by atoms with Crippen molar-refractivity contribution in [2.24, 2.45) is 0 Å². The summed E-state index contributed by atoms with van der Waals surface area (Å²) in [5, 5.41) is 6.98. The van der Waals surface area contributed by atoms with E-state index in [0.29, 0.717) is 0 Å². The Hall–Kier alpha value is -6.12. The van der Waals surface area contributed by atoms with Crippen molar-refractivity contribution in [3.8, 4) is 22.3 Å². The molecule has 1 aromatic heterocycles. The highest BCUT2D eigenvalue weighted by Crippen LogP contribution is 2.44. The third kappa shape index (κ3) is 4.35. The van der Waals surface area contributed by atoms with Crippen molar-refractivity contribution in [2.45, 2.75) is 0 Å². The van der Waals surface area contributed by atoms with Gasteiger partial charge in [0.1, 0.15) is 11.2 Å². The number of furan rings is 1. The van der Waals surface area contributed by atoms with Crippen LogP contribution in [0.5, 0.6) is 0 Å². The van der Waals surface area contributed by atoms with Crippen LogP contribution >= 0.6 is 0 Å². The van der Waals surface area contributed by atoms with Gasteiger partial charge in [0.15, 0.2) is 0 Å². The summed E-state index contributed by atoms with van der Waals surface area (Å²) in [7, 11) is 0. The molecule has 0 saturated carbocycles. The number of hydrogen-bond donors (Lipinski definition) is 0. The Morgan fingerprint density at radius 1 is 0.370 bits per heavy atom. The van der Waals surface area contributed by atoms with Crippen molar-refractivity contribution in [3.63, 3.8) is 0 Å². The quantitative estimate of drug-likeness (QED) is 0.199. The maximum absolute atomic E-state index is 6.46. The zero-order valence-electron chi connectivity index (χ0n) is 25.1. The van der Waals surface area contributed by atoms with Gasteiger partial charge >= 0.3 is 0 Å². The van der Waals surface area contributed by atoms with Crippen molar-refractivity contribution in [1.29, 1.82) is 0 Å². The molecule has 0 fully saturated rings. The molecule has 2 heteroatoms. The van der Waals surface area contributed by atoms with Gasteiger partial charge in [0.25, 0.3) is 0 Å². The normalized spacial score (nSPS) is 11.5. The summed E-state index contributed by atoms with van der Waals surface area (Å²) < 4.78 is 6.46. The molecule has 216 valence electrons. The van der Waals surface area contributed by atoms with Crippen LogP contribution in [0.25, 0.3) is 65.7 Å². The standard InChI is InChI=1S/C44H29NO/c1-2-11-30(12-3-1)31-23-26-35(27-24-31)45(42-19-10-14-32-13-4-5-15-36(32)42)41-18-8-6-16-37(41)34-22-21-33-25-28-39-38-17-7-9-20-43(38)46-44(39)40(33)29-34/h1-29H. The van der Waals surface area contributed by atoms with Gasteiger partial charge in [-0.2, -0.15) is 0 Å². The van der Waals surface area contributed by atoms with Crippen LogP contribution in [0.15, 0.2) is 180 Å². The van der Waals surface area contributed by atoms with E-state index in [0.717, 1.165) is 60.9 Å². The summed E-state index contributed by atoms with van der Waals surface area (Å²) in [5.41, 5.74) is 9.89. The van der Waals surface area contributed by atoms with Crippen molar-refractivity contribution in [1.82, 2.24) is 0 Å². The third-order valence-electron chi connectivity index (χ3n) is 9.06. The van der Waals surface area contributed by atoms with E-state index in [4.69, 9.17) is 4.42 Å². The van der Waals surface area contributed by atoms with Gasteiger partial charge in [-0.15, -0.1) is 0 Å². The van der Waals surface area contributed by atoms with E-state index in [-0.39, 0.29) is 0 Å². The van der Waals surface area contributed by atoms with Gasteiger partial charge in [-0.05, 0) is 69.9 Å². The lowest BCUT2D eigenvalue weighted by molar-refractivity contribution is 0.672. The Morgan fingerprint density at radius 3 is 1.89 bits per heavy atom. The molecule has 46 heavy (non-hydrogen) atoms. The summed E-state index contributed by atoms with van der Waals surface area (Å²) in [6.07, 6.45) is 0. The molecule has 9 aromatic rings. The molecule has 0 aliphatic heterocycles. The van der Waals surface area contributed by atoms with Crippen LogP contribution in [0.1, 0.15) is 0 Å². The number of hydrogen-bond acceptors (Lipinski definition) is 2. The monoisotopic (exact) mass is 587 g/mol. The number of rotatable bonds is 5. The lowest BCUT2D eigenvalue weighted by Gasteiger charge is -2.29. The number of para-hydroxylation sites is 2. The van der Waals surface area contributed by atoms with Crippen LogP contribution in [0.4, 0.5) is 17.1 Å². The molecule has 2 nitrogen and oxygen atoms in total. The molecule has 0 aliphatic carbocycles. The summed E-state index contributed by atoms with van der Waals surface area (Å²) in [5.74, 6) is 0. The number of fused-ring (bicyclic) bond motifs is 6. The van der Waals surface area contributed by atoms with E-state index in [1.165, 1.54) is 21.9 Å². The topological polar surface area (TPSA) is 16.4 Å². The SMILES string of the molecule is c1ccc(-c2ccc(N(c3ccccc3-c3ccc4ccc5c6ccccc6oc5c4c3)c3cccc4ccccc34)cc2)cc1. The molecule has 0 atom stereocenters. The average molecular weight is 588 g/mol. The fourth-order valence-corrected chi connectivity index (χ4v) is 6.83. The van der Waals surface area contributed by atoms with Gasteiger partial charge in [-0.3, -0.25) is 0 Å². The summed E-state index contributed by atoms with van der Waals surface area (Å²) in [4.78, 5) is 2.40.